The monoisotopic (exact) mass is 378 g/mol. The molecule has 1 amide bonds. The molecule has 0 aromatic heterocycles. The number of likely N-dealkylation sites (N-methyl/N-ethyl adjacent to an activating group) is 1. The predicted molar refractivity (Wildman–Crippen MR) is 106 cm³/mol. The number of rotatable bonds is 13. The molecule has 27 heavy (non-hydrogen) atoms. The number of hydrogen-bond acceptors (Lipinski definition) is 5. The van der Waals surface area contributed by atoms with Crippen molar-refractivity contribution in [2.24, 2.45) is 0 Å². The van der Waals surface area contributed by atoms with Crippen molar-refractivity contribution in [3.05, 3.63) is 29.3 Å². The molecule has 152 valence electrons. The van der Waals surface area contributed by atoms with Crippen LogP contribution in [0.4, 0.5) is 0 Å². The molecule has 2 rings (SSSR count). The van der Waals surface area contributed by atoms with E-state index in [-0.39, 0.29) is 5.91 Å². The molecule has 0 saturated heterocycles. The van der Waals surface area contributed by atoms with E-state index in [2.05, 4.69) is 23.5 Å². The van der Waals surface area contributed by atoms with E-state index >= 15 is 0 Å². The van der Waals surface area contributed by atoms with Crippen LogP contribution >= 0.6 is 0 Å². The first-order valence-corrected chi connectivity index (χ1v) is 9.88. The number of ether oxygens (including phenoxy) is 3. The summed E-state index contributed by atoms with van der Waals surface area (Å²) < 4.78 is 16.6. The van der Waals surface area contributed by atoms with Gasteiger partial charge >= 0.3 is 0 Å². The summed E-state index contributed by atoms with van der Waals surface area (Å²) in [5, 5.41) is 3.06. The number of amides is 1. The lowest BCUT2D eigenvalue weighted by Crippen LogP contribution is -2.45. The van der Waals surface area contributed by atoms with Crippen LogP contribution in [-0.4, -0.2) is 63.5 Å². The Hall–Kier alpha value is -1.63. The Morgan fingerprint density at radius 1 is 1.33 bits per heavy atom. The molecule has 0 spiro atoms. The highest BCUT2D eigenvalue weighted by Crippen LogP contribution is 2.30. The van der Waals surface area contributed by atoms with E-state index in [1.165, 1.54) is 0 Å². The maximum absolute atomic E-state index is 13.0. The molecule has 1 fully saturated rings. The minimum absolute atomic E-state index is 0.0665. The van der Waals surface area contributed by atoms with Gasteiger partial charge in [-0.1, -0.05) is 12.1 Å². The maximum Gasteiger partial charge on any atom is 0.253 e. The van der Waals surface area contributed by atoms with Gasteiger partial charge in [0.1, 0.15) is 11.9 Å². The maximum atomic E-state index is 13.0. The molecule has 0 unspecified atom stereocenters. The van der Waals surface area contributed by atoms with Gasteiger partial charge in [0.15, 0.2) is 0 Å². The summed E-state index contributed by atoms with van der Waals surface area (Å²) in [7, 11) is 3.53. The standard InChI is InChI=1S/C21H34N2O4/c1-5-26-20(14-22-3)21(24)23(18-9-10-18)15-17-8-7-16(2)19(13-17)27-12-6-11-25-4/h7-8,13,18,20,22H,5-6,9-12,14-15H2,1-4H3/t20-/m1/s1. The van der Waals surface area contributed by atoms with Gasteiger partial charge in [-0.25, -0.2) is 0 Å². The van der Waals surface area contributed by atoms with Crippen molar-refractivity contribution in [2.45, 2.75) is 51.8 Å². The summed E-state index contributed by atoms with van der Waals surface area (Å²) in [6.45, 7) is 6.91. The highest BCUT2D eigenvalue weighted by molar-refractivity contribution is 5.82. The quantitative estimate of drug-likeness (QED) is 0.535. The van der Waals surface area contributed by atoms with Crippen molar-refractivity contribution in [3.8, 4) is 5.75 Å². The summed E-state index contributed by atoms with van der Waals surface area (Å²) >= 11 is 0. The van der Waals surface area contributed by atoms with Crippen molar-refractivity contribution in [1.82, 2.24) is 10.2 Å². The Morgan fingerprint density at radius 3 is 2.74 bits per heavy atom. The van der Waals surface area contributed by atoms with Crippen molar-refractivity contribution in [1.29, 1.82) is 0 Å². The van der Waals surface area contributed by atoms with Crippen LogP contribution in [0.3, 0.4) is 0 Å². The van der Waals surface area contributed by atoms with Crippen molar-refractivity contribution < 1.29 is 19.0 Å². The third kappa shape index (κ3) is 6.79. The molecular weight excluding hydrogens is 344 g/mol. The van der Waals surface area contributed by atoms with Crippen LogP contribution in [0, 0.1) is 6.92 Å². The van der Waals surface area contributed by atoms with Gasteiger partial charge < -0.3 is 24.4 Å². The topological polar surface area (TPSA) is 60.0 Å². The summed E-state index contributed by atoms with van der Waals surface area (Å²) in [6.07, 6.45) is 2.55. The van der Waals surface area contributed by atoms with Crippen LogP contribution in [0.15, 0.2) is 18.2 Å². The third-order valence-corrected chi connectivity index (χ3v) is 4.66. The minimum Gasteiger partial charge on any atom is -0.493 e. The summed E-state index contributed by atoms with van der Waals surface area (Å²) in [4.78, 5) is 15.0. The van der Waals surface area contributed by atoms with Crippen LogP contribution in [0.2, 0.25) is 0 Å². The molecule has 0 radical (unpaired) electrons. The van der Waals surface area contributed by atoms with E-state index in [9.17, 15) is 4.79 Å². The zero-order valence-corrected chi connectivity index (χ0v) is 17.1. The Labute approximate surface area is 163 Å². The van der Waals surface area contributed by atoms with Gasteiger partial charge in [-0.05, 0) is 50.9 Å². The molecule has 1 atom stereocenters. The molecule has 0 bridgehead atoms. The Bertz CT molecular complexity index is 584. The molecule has 6 nitrogen and oxygen atoms in total. The lowest BCUT2D eigenvalue weighted by Gasteiger charge is -2.27. The van der Waals surface area contributed by atoms with Crippen molar-refractivity contribution >= 4 is 5.91 Å². The molecule has 1 aromatic carbocycles. The van der Waals surface area contributed by atoms with Crippen LogP contribution in [0.25, 0.3) is 0 Å². The molecular formula is C21H34N2O4. The zero-order valence-electron chi connectivity index (χ0n) is 17.1. The molecule has 1 aliphatic rings. The summed E-state index contributed by atoms with van der Waals surface area (Å²) in [6, 6.07) is 6.51. The van der Waals surface area contributed by atoms with Gasteiger partial charge in [-0.15, -0.1) is 0 Å². The second-order valence-electron chi connectivity index (χ2n) is 6.99. The van der Waals surface area contributed by atoms with Crippen LogP contribution < -0.4 is 10.1 Å². The van der Waals surface area contributed by atoms with Gasteiger partial charge in [0, 0.05) is 45.9 Å². The fraction of sp³-hybridized carbons (Fsp3) is 0.667. The number of methoxy groups -OCH3 is 1. The second-order valence-corrected chi connectivity index (χ2v) is 6.99. The van der Waals surface area contributed by atoms with Gasteiger partial charge in [-0.3, -0.25) is 4.79 Å². The van der Waals surface area contributed by atoms with E-state index in [1.807, 2.05) is 25.8 Å². The number of aryl methyl sites for hydroxylation is 1. The molecule has 1 saturated carbocycles. The number of carbonyl (C=O) groups excluding carboxylic acids is 1. The Morgan fingerprint density at radius 2 is 2.11 bits per heavy atom. The number of nitrogens with zero attached hydrogens (tertiary/aromatic N) is 1. The fourth-order valence-electron chi connectivity index (χ4n) is 3.04. The smallest absolute Gasteiger partial charge is 0.253 e. The average molecular weight is 379 g/mol. The molecule has 0 aliphatic heterocycles. The normalized spacial score (nSPS) is 14.8. The first-order chi connectivity index (χ1) is 13.1. The van der Waals surface area contributed by atoms with Crippen LogP contribution in [0.1, 0.15) is 37.3 Å². The number of hydrogen-bond donors (Lipinski definition) is 1. The van der Waals surface area contributed by atoms with Crippen LogP contribution in [-0.2, 0) is 20.8 Å². The first kappa shape index (κ1) is 21.7. The van der Waals surface area contributed by atoms with E-state index in [1.54, 1.807) is 7.11 Å². The van der Waals surface area contributed by atoms with E-state index in [0.29, 0.717) is 39.0 Å². The molecule has 1 N–H and O–H groups in total. The molecule has 1 aromatic rings. The molecule has 0 heterocycles. The number of nitrogens with one attached hydrogen (secondary N) is 1. The van der Waals surface area contributed by atoms with Crippen LogP contribution in [0.5, 0.6) is 5.75 Å². The van der Waals surface area contributed by atoms with Gasteiger partial charge in [0.05, 0.1) is 6.61 Å². The molecule has 6 heteroatoms. The van der Waals surface area contributed by atoms with E-state index < -0.39 is 6.10 Å². The summed E-state index contributed by atoms with van der Waals surface area (Å²) in [5.41, 5.74) is 2.19. The summed E-state index contributed by atoms with van der Waals surface area (Å²) in [5.74, 6) is 0.945. The molecule has 1 aliphatic carbocycles. The van der Waals surface area contributed by atoms with Gasteiger partial charge in [0.25, 0.3) is 5.91 Å². The minimum atomic E-state index is -0.434. The SMILES string of the molecule is CCO[C@H](CNC)C(=O)N(Cc1ccc(C)c(OCCCOC)c1)C1CC1. The number of benzene rings is 1. The zero-order chi connectivity index (χ0) is 19.6. The van der Waals surface area contributed by atoms with E-state index in [4.69, 9.17) is 14.2 Å². The lowest BCUT2D eigenvalue weighted by molar-refractivity contribution is -0.144. The third-order valence-electron chi connectivity index (χ3n) is 4.66. The largest absolute Gasteiger partial charge is 0.493 e. The lowest BCUT2D eigenvalue weighted by atomic mass is 10.1. The van der Waals surface area contributed by atoms with Gasteiger partial charge in [-0.2, -0.15) is 0 Å². The van der Waals surface area contributed by atoms with E-state index in [0.717, 1.165) is 36.1 Å². The number of carbonyl (C=O) groups is 1. The Kier molecular flexibility index (Phi) is 9.04. The first-order valence-electron chi connectivity index (χ1n) is 9.88. The average Bonchev–Trinajstić information content (AvgIpc) is 3.49. The van der Waals surface area contributed by atoms with Crippen molar-refractivity contribution in [3.63, 3.8) is 0 Å². The van der Waals surface area contributed by atoms with Gasteiger partial charge in [0.2, 0.25) is 0 Å². The Balaban J connectivity index is 2.06. The predicted octanol–water partition coefficient (Wildman–Crippen LogP) is 2.53. The van der Waals surface area contributed by atoms with Crippen molar-refractivity contribution in [2.75, 3.05) is 40.5 Å². The highest BCUT2D eigenvalue weighted by atomic mass is 16.5. The fourth-order valence-corrected chi connectivity index (χ4v) is 3.04. The highest BCUT2D eigenvalue weighted by Gasteiger charge is 2.36. The second kappa shape index (κ2) is 11.3.